The number of nitrogens with one attached hydrogen (secondary N) is 2. The monoisotopic (exact) mass is 310 g/mol. The number of rotatable bonds is 6. The Labute approximate surface area is 135 Å². The highest BCUT2D eigenvalue weighted by molar-refractivity contribution is 5.79. The van der Waals surface area contributed by atoms with Gasteiger partial charge in [-0.05, 0) is 32.1 Å². The second-order valence-corrected chi connectivity index (χ2v) is 7.09. The second-order valence-electron chi connectivity index (χ2n) is 7.09. The lowest BCUT2D eigenvalue weighted by molar-refractivity contribution is 0.0211. The van der Waals surface area contributed by atoms with Gasteiger partial charge in [-0.1, -0.05) is 19.8 Å². The lowest BCUT2D eigenvalue weighted by Crippen LogP contribution is -2.49. The van der Waals surface area contributed by atoms with Gasteiger partial charge in [-0.3, -0.25) is 9.89 Å². The molecule has 0 aromatic carbocycles. The Morgan fingerprint density at radius 2 is 1.91 bits per heavy atom. The average molecular weight is 310 g/mol. The minimum atomic E-state index is 0.415. The summed E-state index contributed by atoms with van der Waals surface area (Å²) in [4.78, 5) is 7.32. The molecule has 5 heteroatoms. The number of hydrogen-bond donors (Lipinski definition) is 2. The molecule has 0 amide bonds. The first-order chi connectivity index (χ1) is 10.6. The molecule has 2 N–H and O–H groups in total. The van der Waals surface area contributed by atoms with Crippen LogP contribution in [0.25, 0.3) is 0 Å². The van der Waals surface area contributed by atoms with Gasteiger partial charge in [0.1, 0.15) is 0 Å². The van der Waals surface area contributed by atoms with Crippen LogP contribution in [0.3, 0.4) is 0 Å². The molecule has 2 fully saturated rings. The van der Waals surface area contributed by atoms with Crippen molar-refractivity contribution in [3.8, 4) is 0 Å². The summed E-state index contributed by atoms with van der Waals surface area (Å²) in [6, 6.07) is 0.509. The molecule has 1 unspecified atom stereocenters. The lowest BCUT2D eigenvalue weighted by atomic mass is 9.89. The molecule has 0 aromatic rings. The van der Waals surface area contributed by atoms with Crippen molar-refractivity contribution in [1.29, 1.82) is 0 Å². The fourth-order valence-corrected chi connectivity index (χ4v) is 3.39. The number of guanidine groups is 1. The quantitative estimate of drug-likeness (QED) is 0.580. The van der Waals surface area contributed by atoms with E-state index in [9.17, 15) is 0 Å². The zero-order chi connectivity index (χ0) is 15.8. The molecule has 0 bridgehead atoms. The molecule has 1 atom stereocenters. The van der Waals surface area contributed by atoms with E-state index in [1.165, 1.54) is 25.7 Å². The smallest absolute Gasteiger partial charge is 0.191 e. The first-order valence-electron chi connectivity index (χ1n) is 8.97. The number of morpholine rings is 1. The van der Waals surface area contributed by atoms with Gasteiger partial charge in [0.2, 0.25) is 0 Å². The third kappa shape index (κ3) is 5.43. The molecular weight excluding hydrogens is 276 g/mol. The van der Waals surface area contributed by atoms with Gasteiger partial charge in [-0.15, -0.1) is 0 Å². The first-order valence-corrected chi connectivity index (χ1v) is 8.97. The molecule has 1 saturated heterocycles. The SMILES string of the molecule is CCNC(=NCC1(C)CCCC1)NCC(C)N1CCOCC1. The van der Waals surface area contributed by atoms with Gasteiger partial charge < -0.3 is 15.4 Å². The predicted molar refractivity (Wildman–Crippen MR) is 92.4 cm³/mol. The van der Waals surface area contributed by atoms with Crippen molar-refractivity contribution in [2.45, 2.75) is 52.5 Å². The summed E-state index contributed by atoms with van der Waals surface area (Å²) in [7, 11) is 0. The molecule has 0 spiro atoms. The second kappa shape index (κ2) is 8.73. The van der Waals surface area contributed by atoms with Gasteiger partial charge in [-0.2, -0.15) is 0 Å². The van der Waals surface area contributed by atoms with E-state index in [1.54, 1.807) is 0 Å². The predicted octanol–water partition coefficient (Wildman–Crippen LogP) is 1.84. The van der Waals surface area contributed by atoms with Gasteiger partial charge in [0.05, 0.1) is 13.2 Å². The molecule has 22 heavy (non-hydrogen) atoms. The van der Waals surface area contributed by atoms with Crippen LogP contribution in [0.4, 0.5) is 0 Å². The van der Waals surface area contributed by atoms with E-state index >= 15 is 0 Å². The van der Waals surface area contributed by atoms with Crippen molar-refractivity contribution in [3.63, 3.8) is 0 Å². The molecule has 0 aromatic heterocycles. The maximum atomic E-state index is 5.42. The average Bonchev–Trinajstić information content (AvgIpc) is 2.98. The third-order valence-corrected chi connectivity index (χ3v) is 5.01. The van der Waals surface area contributed by atoms with Gasteiger partial charge in [-0.25, -0.2) is 0 Å². The number of hydrogen-bond acceptors (Lipinski definition) is 3. The minimum Gasteiger partial charge on any atom is -0.379 e. The van der Waals surface area contributed by atoms with Crippen LogP contribution in [0.15, 0.2) is 4.99 Å². The molecule has 1 aliphatic carbocycles. The molecule has 1 saturated carbocycles. The summed E-state index contributed by atoms with van der Waals surface area (Å²) < 4.78 is 5.42. The van der Waals surface area contributed by atoms with E-state index in [4.69, 9.17) is 9.73 Å². The maximum Gasteiger partial charge on any atom is 0.191 e. The van der Waals surface area contributed by atoms with Crippen LogP contribution >= 0.6 is 0 Å². The molecule has 5 nitrogen and oxygen atoms in total. The van der Waals surface area contributed by atoms with Crippen molar-refractivity contribution < 1.29 is 4.74 Å². The lowest BCUT2D eigenvalue weighted by Gasteiger charge is -2.32. The van der Waals surface area contributed by atoms with E-state index < -0.39 is 0 Å². The van der Waals surface area contributed by atoms with Crippen LogP contribution in [0.2, 0.25) is 0 Å². The largest absolute Gasteiger partial charge is 0.379 e. The van der Waals surface area contributed by atoms with E-state index in [0.29, 0.717) is 11.5 Å². The highest BCUT2D eigenvalue weighted by Gasteiger charge is 2.28. The molecule has 128 valence electrons. The Kier molecular flexibility index (Phi) is 6.96. The summed E-state index contributed by atoms with van der Waals surface area (Å²) >= 11 is 0. The topological polar surface area (TPSA) is 48.9 Å². The molecule has 0 radical (unpaired) electrons. The highest BCUT2D eigenvalue weighted by Crippen LogP contribution is 2.37. The van der Waals surface area contributed by atoms with Crippen LogP contribution in [-0.4, -0.2) is 62.8 Å². The summed E-state index contributed by atoms with van der Waals surface area (Å²) in [6.07, 6.45) is 5.37. The van der Waals surface area contributed by atoms with Gasteiger partial charge in [0.15, 0.2) is 5.96 Å². The number of aliphatic imine (C=N–C) groups is 1. The standard InChI is InChI=1S/C17H34N4O/c1-4-18-16(20-14-17(3)7-5-6-8-17)19-13-15(2)21-9-11-22-12-10-21/h15H,4-14H2,1-3H3,(H2,18,19,20). The summed E-state index contributed by atoms with van der Waals surface area (Å²) in [5, 5.41) is 6.89. The van der Waals surface area contributed by atoms with Crippen LogP contribution in [0.5, 0.6) is 0 Å². The molecule has 1 aliphatic heterocycles. The van der Waals surface area contributed by atoms with Crippen LogP contribution in [0.1, 0.15) is 46.5 Å². The van der Waals surface area contributed by atoms with Crippen molar-refractivity contribution in [2.75, 3.05) is 45.9 Å². The van der Waals surface area contributed by atoms with Gasteiger partial charge in [0.25, 0.3) is 0 Å². The fraction of sp³-hybridized carbons (Fsp3) is 0.941. The molecule has 2 aliphatic rings. The molecule has 1 heterocycles. The summed E-state index contributed by atoms with van der Waals surface area (Å²) in [6.45, 7) is 13.4. The Morgan fingerprint density at radius 1 is 1.23 bits per heavy atom. The van der Waals surface area contributed by atoms with E-state index in [-0.39, 0.29) is 0 Å². The maximum absolute atomic E-state index is 5.42. The normalized spacial score (nSPS) is 24.2. The zero-order valence-corrected chi connectivity index (χ0v) is 14.7. The Bertz CT molecular complexity index is 347. The summed E-state index contributed by atoms with van der Waals surface area (Å²) in [5.74, 6) is 0.968. The van der Waals surface area contributed by atoms with Crippen LogP contribution in [0, 0.1) is 5.41 Å². The van der Waals surface area contributed by atoms with Crippen LogP contribution < -0.4 is 10.6 Å². The minimum absolute atomic E-state index is 0.415. The van der Waals surface area contributed by atoms with Crippen LogP contribution in [-0.2, 0) is 4.74 Å². The Hall–Kier alpha value is -0.810. The van der Waals surface area contributed by atoms with E-state index in [2.05, 4.69) is 36.3 Å². The van der Waals surface area contributed by atoms with Gasteiger partial charge >= 0.3 is 0 Å². The number of ether oxygens (including phenoxy) is 1. The highest BCUT2D eigenvalue weighted by atomic mass is 16.5. The molecule has 2 rings (SSSR count). The number of nitrogens with zero attached hydrogens (tertiary/aromatic N) is 2. The summed E-state index contributed by atoms with van der Waals surface area (Å²) in [5.41, 5.74) is 0.415. The third-order valence-electron chi connectivity index (χ3n) is 5.01. The van der Waals surface area contributed by atoms with E-state index in [0.717, 1.165) is 51.9 Å². The van der Waals surface area contributed by atoms with Crippen molar-refractivity contribution in [2.24, 2.45) is 10.4 Å². The van der Waals surface area contributed by atoms with E-state index in [1.807, 2.05) is 0 Å². The zero-order valence-electron chi connectivity index (χ0n) is 14.7. The van der Waals surface area contributed by atoms with Crippen molar-refractivity contribution in [1.82, 2.24) is 15.5 Å². The van der Waals surface area contributed by atoms with Gasteiger partial charge in [0, 0.05) is 38.8 Å². The van der Waals surface area contributed by atoms with Crippen molar-refractivity contribution >= 4 is 5.96 Å². The molecular formula is C17H34N4O. The van der Waals surface area contributed by atoms with Crippen molar-refractivity contribution in [3.05, 3.63) is 0 Å². The Morgan fingerprint density at radius 3 is 2.55 bits per heavy atom. The fourth-order valence-electron chi connectivity index (χ4n) is 3.39. The Balaban J connectivity index is 1.79. The first kappa shape index (κ1) is 17.5.